The van der Waals surface area contributed by atoms with Gasteiger partial charge >= 0.3 is 6.18 Å². The second kappa shape index (κ2) is 4.77. The van der Waals surface area contributed by atoms with Gasteiger partial charge in [0.1, 0.15) is 5.69 Å². The van der Waals surface area contributed by atoms with Gasteiger partial charge in [-0.1, -0.05) is 0 Å². The fourth-order valence-electron chi connectivity index (χ4n) is 2.29. The zero-order chi connectivity index (χ0) is 14.2. The number of anilines is 1. The normalized spacial score (nSPS) is 19.6. The second-order valence-corrected chi connectivity index (χ2v) is 4.61. The van der Waals surface area contributed by atoms with Crippen molar-refractivity contribution in [2.75, 3.05) is 18.0 Å². The summed E-state index contributed by atoms with van der Waals surface area (Å²) in [5.74, 6) is 0.120. The van der Waals surface area contributed by atoms with Gasteiger partial charge in [-0.3, -0.25) is 4.68 Å². The summed E-state index contributed by atoms with van der Waals surface area (Å²) >= 11 is 0. The van der Waals surface area contributed by atoms with E-state index in [1.807, 2.05) is 16.9 Å². The van der Waals surface area contributed by atoms with Crippen LogP contribution in [0.3, 0.4) is 0 Å². The number of hydrogen-bond acceptors (Lipinski definition) is 4. The van der Waals surface area contributed by atoms with Crippen LogP contribution < -0.4 is 4.90 Å². The van der Waals surface area contributed by atoms with Crippen molar-refractivity contribution in [2.24, 2.45) is 0 Å². The van der Waals surface area contributed by atoms with E-state index in [1.54, 1.807) is 11.1 Å². The molecule has 106 valence electrons. The Bertz CT molecular complexity index is 581. The van der Waals surface area contributed by atoms with Crippen LogP contribution in [0.5, 0.6) is 0 Å². The van der Waals surface area contributed by atoms with E-state index in [0.717, 1.165) is 18.7 Å². The highest BCUT2D eigenvalue weighted by atomic mass is 19.4. The monoisotopic (exact) mass is 283 g/mol. The Morgan fingerprint density at radius 3 is 2.80 bits per heavy atom. The minimum atomic E-state index is -4.45. The molecule has 0 aliphatic carbocycles. The van der Waals surface area contributed by atoms with Gasteiger partial charge in [0.25, 0.3) is 0 Å². The molecule has 1 atom stereocenters. The minimum absolute atomic E-state index is 0.120. The molecule has 0 spiro atoms. The molecule has 5 nitrogen and oxygen atoms in total. The van der Waals surface area contributed by atoms with Crippen molar-refractivity contribution in [1.82, 2.24) is 19.7 Å². The van der Waals surface area contributed by atoms with Crippen molar-refractivity contribution >= 4 is 5.95 Å². The van der Waals surface area contributed by atoms with Crippen molar-refractivity contribution in [3.05, 3.63) is 36.4 Å². The first kappa shape index (κ1) is 12.9. The molecule has 0 radical (unpaired) electrons. The zero-order valence-corrected chi connectivity index (χ0v) is 10.5. The standard InChI is InChI=1S/C12H12F3N5/c13-12(14,15)10-2-5-16-11(18-10)19-7-3-9(8-19)20-6-1-4-17-20/h1-2,4-6,9H,3,7-8H2. The average molecular weight is 283 g/mol. The molecule has 0 bridgehead atoms. The lowest BCUT2D eigenvalue weighted by atomic mass is 10.3. The lowest BCUT2D eigenvalue weighted by Gasteiger charge is -2.17. The van der Waals surface area contributed by atoms with E-state index in [9.17, 15) is 13.2 Å². The highest BCUT2D eigenvalue weighted by molar-refractivity contribution is 5.33. The third-order valence-electron chi connectivity index (χ3n) is 3.28. The van der Waals surface area contributed by atoms with Gasteiger partial charge in [-0.15, -0.1) is 0 Å². The summed E-state index contributed by atoms with van der Waals surface area (Å²) in [6, 6.07) is 2.84. The van der Waals surface area contributed by atoms with Crippen molar-refractivity contribution in [1.29, 1.82) is 0 Å². The molecule has 2 aromatic heterocycles. The van der Waals surface area contributed by atoms with E-state index in [-0.39, 0.29) is 12.0 Å². The van der Waals surface area contributed by atoms with Gasteiger partial charge in [0.05, 0.1) is 6.04 Å². The molecule has 3 rings (SSSR count). The molecule has 0 aromatic carbocycles. The predicted molar refractivity (Wildman–Crippen MR) is 65.1 cm³/mol. The Morgan fingerprint density at radius 1 is 1.25 bits per heavy atom. The van der Waals surface area contributed by atoms with E-state index >= 15 is 0 Å². The molecule has 1 fully saturated rings. The van der Waals surface area contributed by atoms with Gasteiger partial charge in [-0.25, -0.2) is 9.97 Å². The Kier molecular flexibility index (Phi) is 3.07. The molecular weight excluding hydrogens is 271 g/mol. The van der Waals surface area contributed by atoms with E-state index < -0.39 is 11.9 Å². The number of alkyl halides is 3. The van der Waals surface area contributed by atoms with Crippen LogP contribution in [-0.4, -0.2) is 32.8 Å². The van der Waals surface area contributed by atoms with Crippen molar-refractivity contribution in [2.45, 2.75) is 18.6 Å². The number of rotatable bonds is 2. The van der Waals surface area contributed by atoms with Gasteiger partial charge in [-0.05, 0) is 18.6 Å². The van der Waals surface area contributed by atoms with Gasteiger partial charge in [0, 0.05) is 31.7 Å². The Labute approximate surface area is 113 Å². The third kappa shape index (κ3) is 2.45. The highest BCUT2D eigenvalue weighted by Gasteiger charge is 2.34. The Balaban J connectivity index is 1.78. The van der Waals surface area contributed by atoms with Gasteiger partial charge in [0.2, 0.25) is 5.95 Å². The average Bonchev–Trinajstić information content (AvgIpc) is 3.09. The molecule has 2 aromatic rings. The molecular formula is C12H12F3N5. The number of hydrogen-bond donors (Lipinski definition) is 0. The van der Waals surface area contributed by atoms with Crippen LogP contribution in [-0.2, 0) is 6.18 Å². The van der Waals surface area contributed by atoms with Crippen LogP contribution >= 0.6 is 0 Å². The summed E-state index contributed by atoms with van der Waals surface area (Å²) < 4.78 is 39.7. The quantitative estimate of drug-likeness (QED) is 0.847. The van der Waals surface area contributed by atoms with Crippen LogP contribution in [0.1, 0.15) is 18.2 Å². The lowest BCUT2D eigenvalue weighted by molar-refractivity contribution is -0.141. The third-order valence-corrected chi connectivity index (χ3v) is 3.28. The Hall–Kier alpha value is -2.12. The smallest absolute Gasteiger partial charge is 0.339 e. The van der Waals surface area contributed by atoms with Gasteiger partial charge in [0.15, 0.2) is 0 Å². The lowest BCUT2D eigenvalue weighted by Crippen LogP contribution is -2.24. The van der Waals surface area contributed by atoms with Crippen LogP contribution in [0.15, 0.2) is 30.7 Å². The SMILES string of the molecule is FC(F)(F)c1ccnc(N2CCC(n3cccn3)C2)n1. The van der Waals surface area contributed by atoms with Crippen LogP contribution in [0.25, 0.3) is 0 Å². The summed E-state index contributed by atoms with van der Waals surface area (Å²) in [7, 11) is 0. The largest absolute Gasteiger partial charge is 0.433 e. The van der Waals surface area contributed by atoms with E-state index in [4.69, 9.17) is 0 Å². The second-order valence-electron chi connectivity index (χ2n) is 4.61. The maximum Gasteiger partial charge on any atom is 0.433 e. The molecule has 20 heavy (non-hydrogen) atoms. The molecule has 3 heterocycles. The minimum Gasteiger partial charge on any atom is -0.339 e. The summed E-state index contributed by atoms with van der Waals surface area (Å²) in [4.78, 5) is 9.29. The maximum absolute atomic E-state index is 12.6. The number of nitrogens with zero attached hydrogens (tertiary/aromatic N) is 5. The number of aromatic nitrogens is 4. The summed E-state index contributed by atoms with van der Waals surface area (Å²) in [6.45, 7) is 1.18. The summed E-state index contributed by atoms with van der Waals surface area (Å²) in [5.41, 5.74) is -0.912. The number of halogens is 3. The molecule has 8 heteroatoms. The topological polar surface area (TPSA) is 46.8 Å². The van der Waals surface area contributed by atoms with E-state index in [1.165, 1.54) is 0 Å². The predicted octanol–water partition coefficient (Wildman–Crippen LogP) is 2.14. The molecule has 1 aliphatic heterocycles. The first-order chi connectivity index (χ1) is 9.54. The first-order valence-electron chi connectivity index (χ1n) is 6.18. The summed E-state index contributed by atoms with van der Waals surface area (Å²) in [5, 5.41) is 4.15. The van der Waals surface area contributed by atoms with Crippen molar-refractivity contribution in [3.63, 3.8) is 0 Å². The maximum atomic E-state index is 12.6. The molecule has 1 aliphatic rings. The van der Waals surface area contributed by atoms with Crippen molar-refractivity contribution < 1.29 is 13.2 Å². The van der Waals surface area contributed by atoms with Crippen LogP contribution in [0.2, 0.25) is 0 Å². The fourth-order valence-corrected chi connectivity index (χ4v) is 2.29. The van der Waals surface area contributed by atoms with Gasteiger partial charge in [-0.2, -0.15) is 18.3 Å². The van der Waals surface area contributed by atoms with Crippen LogP contribution in [0.4, 0.5) is 19.1 Å². The first-order valence-corrected chi connectivity index (χ1v) is 6.18. The van der Waals surface area contributed by atoms with E-state index in [0.29, 0.717) is 13.1 Å². The molecule has 1 saturated heterocycles. The fraction of sp³-hybridized carbons (Fsp3) is 0.417. The molecule has 0 saturated carbocycles. The molecule has 0 N–H and O–H groups in total. The Morgan fingerprint density at radius 2 is 2.10 bits per heavy atom. The summed E-state index contributed by atoms with van der Waals surface area (Å²) in [6.07, 6.45) is 1.04. The highest BCUT2D eigenvalue weighted by Crippen LogP contribution is 2.29. The zero-order valence-electron chi connectivity index (χ0n) is 10.5. The molecule has 1 unspecified atom stereocenters. The van der Waals surface area contributed by atoms with Crippen molar-refractivity contribution in [3.8, 4) is 0 Å². The van der Waals surface area contributed by atoms with E-state index in [2.05, 4.69) is 15.1 Å². The molecule has 0 amide bonds. The van der Waals surface area contributed by atoms with Crippen LogP contribution in [0, 0.1) is 0 Å². The van der Waals surface area contributed by atoms with Gasteiger partial charge < -0.3 is 4.90 Å².